The summed E-state index contributed by atoms with van der Waals surface area (Å²) in [6.45, 7) is 1.91. The summed E-state index contributed by atoms with van der Waals surface area (Å²) >= 11 is 13.3. The highest BCUT2D eigenvalue weighted by atomic mass is 35.5. The number of pyridine rings is 1. The van der Waals surface area contributed by atoms with E-state index in [0.717, 1.165) is 11.1 Å². The van der Waals surface area contributed by atoms with Crippen molar-refractivity contribution < 1.29 is 4.79 Å². The van der Waals surface area contributed by atoms with Gasteiger partial charge >= 0.3 is 0 Å². The van der Waals surface area contributed by atoms with Crippen LogP contribution < -0.4 is 0 Å². The minimum atomic E-state index is -0.0915. The first kappa shape index (κ1) is 17.0. The first-order valence-electron chi connectivity index (χ1n) is 7.09. The lowest BCUT2D eigenvalue weighted by Crippen LogP contribution is -2.23. The second kappa shape index (κ2) is 6.97. The molecule has 0 bridgehead atoms. The molecule has 1 saturated heterocycles. The maximum Gasteiger partial charge on any atom is 0.266 e. The number of halogens is 2. The van der Waals surface area contributed by atoms with Gasteiger partial charge in [0, 0.05) is 18.3 Å². The summed E-state index contributed by atoms with van der Waals surface area (Å²) < 4.78 is 0. The van der Waals surface area contributed by atoms with Crippen LogP contribution >= 0.6 is 35.0 Å². The number of carbonyl (C=O) groups excluding carboxylic acids is 1. The predicted octanol–water partition coefficient (Wildman–Crippen LogP) is 5.01. The summed E-state index contributed by atoms with van der Waals surface area (Å²) in [5, 5.41) is 1.53. The van der Waals surface area contributed by atoms with Crippen LogP contribution in [0.1, 0.15) is 12.5 Å². The van der Waals surface area contributed by atoms with Crippen LogP contribution in [0.5, 0.6) is 0 Å². The maximum absolute atomic E-state index is 12.6. The topological polar surface area (TPSA) is 45.6 Å². The summed E-state index contributed by atoms with van der Waals surface area (Å²) in [6.07, 6.45) is 1.60. The van der Waals surface area contributed by atoms with E-state index in [9.17, 15) is 4.79 Å². The smallest absolute Gasteiger partial charge is 0.266 e. The van der Waals surface area contributed by atoms with Gasteiger partial charge in [0.2, 0.25) is 0 Å². The number of amides is 1. The van der Waals surface area contributed by atoms with Gasteiger partial charge in [0.25, 0.3) is 5.91 Å². The third-order valence-electron chi connectivity index (χ3n) is 3.55. The molecule has 1 aliphatic heterocycles. The van der Waals surface area contributed by atoms with Crippen molar-refractivity contribution in [1.82, 2.24) is 9.88 Å². The fraction of sp³-hybridized carbons (Fsp3) is 0.118. The summed E-state index contributed by atoms with van der Waals surface area (Å²) in [5.74, 6) is -0.0915. The molecule has 1 aromatic carbocycles. The Balaban J connectivity index is 1.98. The van der Waals surface area contributed by atoms with E-state index in [1.54, 1.807) is 37.5 Å². The van der Waals surface area contributed by atoms with E-state index >= 15 is 0 Å². The van der Waals surface area contributed by atoms with Crippen molar-refractivity contribution in [3.63, 3.8) is 0 Å². The molecule has 0 atom stereocenters. The Morgan fingerprint density at radius 3 is 2.58 bits per heavy atom. The number of nitrogens with zero attached hydrogens (tertiary/aromatic N) is 3. The quantitative estimate of drug-likeness (QED) is 0.545. The number of thioether (sulfide) groups is 1. The summed E-state index contributed by atoms with van der Waals surface area (Å²) in [5.41, 5.74) is 2.37. The number of amidine groups is 1. The Morgan fingerprint density at radius 1 is 1.21 bits per heavy atom. The lowest BCUT2D eigenvalue weighted by molar-refractivity contribution is -0.121. The molecule has 0 saturated carbocycles. The molecule has 0 radical (unpaired) electrons. The molecule has 1 aromatic heterocycles. The molecular weight excluding hydrogens is 365 g/mol. The zero-order valence-corrected chi connectivity index (χ0v) is 15.3. The van der Waals surface area contributed by atoms with Crippen LogP contribution in [-0.2, 0) is 4.79 Å². The minimum Gasteiger partial charge on any atom is -0.290 e. The number of hydrogen-bond donors (Lipinski definition) is 0. The molecule has 1 aliphatic rings. The number of hydrogen-bond acceptors (Lipinski definition) is 4. The first-order valence-corrected chi connectivity index (χ1v) is 8.66. The molecule has 2 aromatic rings. The highest BCUT2D eigenvalue weighted by molar-refractivity contribution is 8.18. The van der Waals surface area contributed by atoms with E-state index in [0.29, 0.717) is 25.9 Å². The SMILES string of the molecule is C/C(=C1/SC(=Nc2cccnc2Cl)N(C)C1=O)c1ccc(Cl)cc1. The first-order chi connectivity index (χ1) is 11.5. The Bertz CT molecular complexity index is 862. The molecule has 4 nitrogen and oxygen atoms in total. The van der Waals surface area contributed by atoms with Gasteiger partial charge in [0.05, 0.1) is 4.91 Å². The summed E-state index contributed by atoms with van der Waals surface area (Å²) in [6, 6.07) is 10.9. The Labute approximate surface area is 154 Å². The van der Waals surface area contributed by atoms with Crippen molar-refractivity contribution in [3.05, 3.63) is 63.2 Å². The van der Waals surface area contributed by atoms with Crippen LogP contribution in [0.2, 0.25) is 10.2 Å². The highest BCUT2D eigenvalue weighted by Gasteiger charge is 2.32. The monoisotopic (exact) mass is 377 g/mol. The molecule has 1 fully saturated rings. The second-order valence-corrected chi connectivity index (χ2v) is 6.91. The van der Waals surface area contributed by atoms with Crippen LogP contribution in [-0.4, -0.2) is 28.0 Å². The normalized spacial score (nSPS) is 18.4. The number of allylic oxidation sites excluding steroid dienone is 1. The average Bonchev–Trinajstić information content (AvgIpc) is 2.85. The van der Waals surface area contributed by atoms with E-state index < -0.39 is 0 Å². The molecule has 122 valence electrons. The zero-order valence-electron chi connectivity index (χ0n) is 13.0. The molecule has 0 N–H and O–H groups in total. The second-order valence-electron chi connectivity index (χ2n) is 5.13. The molecular formula is C17H13Cl2N3OS. The van der Waals surface area contributed by atoms with Crippen molar-refractivity contribution in [2.75, 3.05) is 7.05 Å². The highest BCUT2D eigenvalue weighted by Crippen LogP contribution is 2.37. The molecule has 0 spiro atoms. The fourth-order valence-corrected chi connectivity index (χ4v) is 3.50. The van der Waals surface area contributed by atoms with Gasteiger partial charge in [-0.15, -0.1) is 0 Å². The van der Waals surface area contributed by atoms with Gasteiger partial charge < -0.3 is 0 Å². The number of aromatic nitrogens is 1. The van der Waals surface area contributed by atoms with Crippen molar-refractivity contribution >= 4 is 57.3 Å². The summed E-state index contributed by atoms with van der Waals surface area (Å²) in [4.78, 5) is 23.2. The zero-order chi connectivity index (χ0) is 17.3. The van der Waals surface area contributed by atoms with Gasteiger partial charge in [0.15, 0.2) is 10.3 Å². The molecule has 7 heteroatoms. The number of benzene rings is 1. The number of likely N-dealkylation sites (N-methyl/N-ethyl adjacent to an activating group) is 1. The van der Waals surface area contributed by atoms with Gasteiger partial charge in [0.1, 0.15) is 5.69 Å². The van der Waals surface area contributed by atoms with Crippen LogP contribution in [0.25, 0.3) is 5.57 Å². The molecule has 1 amide bonds. The van der Waals surface area contributed by atoms with E-state index in [1.807, 2.05) is 19.1 Å². The van der Waals surface area contributed by atoms with Gasteiger partial charge in [-0.05, 0) is 54.1 Å². The van der Waals surface area contributed by atoms with E-state index in [4.69, 9.17) is 23.2 Å². The van der Waals surface area contributed by atoms with E-state index in [-0.39, 0.29) is 5.91 Å². The van der Waals surface area contributed by atoms with E-state index in [1.165, 1.54) is 16.7 Å². The molecule has 24 heavy (non-hydrogen) atoms. The number of aliphatic imine (C=N–C) groups is 1. The van der Waals surface area contributed by atoms with Gasteiger partial charge in [-0.25, -0.2) is 9.98 Å². The van der Waals surface area contributed by atoms with Crippen LogP contribution in [0, 0.1) is 0 Å². The Hall–Kier alpha value is -1.82. The summed E-state index contributed by atoms with van der Waals surface area (Å²) in [7, 11) is 1.70. The average molecular weight is 378 g/mol. The molecule has 0 unspecified atom stereocenters. The lowest BCUT2D eigenvalue weighted by Gasteiger charge is -2.07. The van der Waals surface area contributed by atoms with Crippen molar-refractivity contribution in [3.8, 4) is 0 Å². The minimum absolute atomic E-state index is 0.0915. The van der Waals surface area contributed by atoms with Crippen LogP contribution in [0.15, 0.2) is 52.5 Å². The molecule has 0 aliphatic carbocycles. The lowest BCUT2D eigenvalue weighted by atomic mass is 10.1. The largest absolute Gasteiger partial charge is 0.290 e. The third kappa shape index (κ3) is 3.34. The maximum atomic E-state index is 12.6. The van der Waals surface area contributed by atoms with Crippen LogP contribution in [0.4, 0.5) is 5.69 Å². The van der Waals surface area contributed by atoms with Crippen molar-refractivity contribution in [1.29, 1.82) is 0 Å². The Morgan fingerprint density at radius 2 is 1.92 bits per heavy atom. The van der Waals surface area contributed by atoms with Crippen molar-refractivity contribution in [2.45, 2.75) is 6.92 Å². The van der Waals surface area contributed by atoms with Gasteiger partial charge in [-0.1, -0.05) is 35.3 Å². The number of carbonyl (C=O) groups is 1. The Kier molecular flexibility index (Phi) is 4.94. The van der Waals surface area contributed by atoms with Crippen molar-refractivity contribution in [2.24, 2.45) is 4.99 Å². The third-order valence-corrected chi connectivity index (χ3v) is 5.33. The van der Waals surface area contributed by atoms with Crippen LogP contribution in [0.3, 0.4) is 0 Å². The van der Waals surface area contributed by atoms with E-state index in [2.05, 4.69) is 9.98 Å². The standard InChI is InChI=1S/C17H13Cl2N3OS/c1-10(11-5-7-12(18)8-6-11)14-16(23)22(2)17(24-14)21-13-4-3-9-20-15(13)19/h3-9H,1-2H3/b14-10-,21-17?. The predicted molar refractivity (Wildman–Crippen MR) is 101 cm³/mol. The number of rotatable bonds is 2. The van der Waals surface area contributed by atoms with Gasteiger partial charge in [-0.2, -0.15) is 0 Å². The van der Waals surface area contributed by atoms with Gasteiger partial charge in [-0.3, -0.25) is 9.69 Å². The molecule has 3 rings (SSSR count). The molecule has 2 heterocycles. The fourth-order valence-electron chi connectivity index (χ4n) is 2.17.